The molecule has 1 aliphatic rings. The summed E-state index contributed by atoms with van der Waals surface area (Å²) in [5.41, 5.74) is 0.952. The molecule has 1 aromatic carbocycles. The van der Waals surface area contributed by atoms with E-state index in [1.54, 1.807) is 16.9 Å². The van der Waals surface area contributed by atoms with Gasteiger partial charge in [0.2, 0.25) is 5.91 Å². The Bertz CT molecular complexity index is 515. The van der Waals surface area contributed by atoms with Crippen LogP contribution in [0.25, 0.3) is 0 Å². The maximum absolute atomic E-state index is 12.1. The van der Waals surface area contributed by atoms with Crippen LogP contribution in [-0.2, 0) is 25.6 Å². The fourth-order valence-corrected chi connectivity index (χ4v) is 2.34. The number of amides is 2. The number of nitrogens with zero attached hydrogens (tertiary/aromatic N) is 2. The smallest absolute Gasteiger partial charge is 0.410 e. The average Bonchev–Trinajstić information content (AvgIpc) is 2.64. The van der Waals surface area contributed by atoms with Crippen molar-refractivity contribution in [2.45, 2.75) is 6.61 Å². The van der Waals surface area contributed by atoms with E-state index in [1.807, 2.05) is 30.3 Å². The number of hydrogen-bond donors (Lipinski definition) is 0. The first-order chi connectivity index (χ1) is 11.7. The molecule has 2 rings (SSSR count). The molecule has 1 aromatic rings. The van der Waals surface area contributed by atoms with Gasteiger partial charge in [0.25, 0.3) is 0 Å². The van der Waals surface area contributed by atoms with Crippen LogP contribution in [0.1, 0.15) is 5.56 Å². The van der Waals surface area contributed by atoms with E-state index < -0.39 is 0 Å². The molecule has 7 heteroatoms. The maximum atomic E-state index is 12.1. The van der Waals surface area contributed by atoms with E-state index in [-0.39, 0.29) is 25.2 Å². The molecule has 0 bridgehead atoms. The molecule has 0 saturated carbocycles. The summed E-state index contributed by atoms with van der Waals surface area (Å²) >= 11 is 0. The van der Waals surface area contributed by atoms with Gasteiger partial charge >= 0.3 is 6.09 Å². The van der Waals surface area contributed by atoms with Crippen LogP contribution in [0.15, 0.2) is 30.3 Å². The molecule has 2 amide bonds. The van der Waals surface area contributed by atoms with E-state index >= 15 is 0 Å². The lowest BCUT2D eigenvalue weighted by atomic mass is 10.2. The molecule has 132 valence electrons. The summed E-state index contributed by atoms with van der Waals surface area (Å²) in [5.74, 6) is -0.0663. The fourth-order valence-electron chi connectivity index (χ4n) is 2.34. The second-order valence-electron chi connectivity index (χ2n) is 5.45. The largest absolute Gasteiger partial charge is 0.445 e. The van der Waals surface area contributed by atoms with E-state index in [0.717, 1.165) is 5.56 Å². The van der Waals surface area contributed by atoms with Gasteiger partial charge in [0.1, 0.15) is 13.2 Å². The highest BCUT2D eigenvalue weighted by Crippen LogP contribution is 2.07. The average molecular weight is 336 g/mol. The first-order valence-electron chi connectivity index (χ1n) is 8.01. The van der Waals surface area contributed by atoms with Crippen LogP contribution in [0, 0.1) is 0 Å². The Kier molecular flexibility index (Phi) is 7.51. The second-order valence-corrected chi connectivity index (χ2v) is 5.45. The van der Waals surface area contributed by atoms with Crippen molar-refractivity contribution in [2.75, 3.05) is 53.1 Å². The number of carbonyl (C=O) groups excluding carboxylic acids is 2. The molecule has 1 aliphatic heterocycles. The minimum atomic E-state index is -0.345. The highest BCUT2D eigenvalue weighted by molar-refractivity contribution is 5.78. The van der Waals surface area contributed by atoms with Crippen LogP contribution < -0.4 is 0 Å². The fraction of sp³-hybridized carbons (Fsp3) is 0.529. The van der Waals surface area contributed by atoms with E-state index in [0.29, 0.717) is 39.4 Å². The van der Waals surface area contributed by atoms with Crippen molar-refractivity contribution in [2.24, 2.45) is 0 Å². The van der Waals surface area contributed by atoms with Crippen molar-refractivity contribution in [3.8, 4) is 0 Å². The first-order valence-corrected chi connectivity index (χ1v) is 8.01. The Labute approximate surface area is 142 Å². The van der Waals surface area contributed by atoms with Gasteiger partial charge in [0, 0.05) is 33.3 Å². The molecule has 0 atom stereocenters. The van der Waals surface area contributed by atoms with Crippen molar-refractivity contribution in [1.82, 2.24) is 9.80 Å². The summed E-state index contributed by atoms with van der Waals surface area (Å²) in [6.07, 6.45) is -0.345. The Morgan fingerprint density at radius 2 is 1.67 bits per heavy atom. The predicted molar refractivity (Wildman–Crippen MR) is 87.5 cm³/mol. The van der Waals surface area contributed by atoms with Gasteiger partial charge in [-0.25, -0.2) is 4.79 Å². The number of carbonyl (C=O) groups is 2. The van der Waals surface area contributed by atoms with E-state index in [1.165, 1.54) is 0 Å². The minimum Gasteiger partial charge on any atom is -0.445 e. The number of benzene rings is 1. The molecule has 0 spiro atoms. The summed E-state index contributed by atoms with van der Waals surface area (Å²) in [5, 5.41) is 0. The number of hydrogen-bond acceptors (Lipinski definition) is 5. The van der Waals surface area contributed by atoms with E-state index in [9.17, 15) is 9.59 Å². The summed E-state index contributed by atoms with van der Waals surface area (Å²) < 4.78 is 15.4. The lowest BCUT2D eigenvalue weighted by molar-refractivity contribution is -0.138. The second kappa shape index (κ2) is 9.89. The normalized spacial score (nSPS) is 14.5. The van der Waals surface area contributed by atoms with Crippen molar-refractivity contribution in [3.05, 3.63) is 35.9 Å². The van der Waals surface area contributed by atoms with Crippen molar-refractivity contribution >= 4 is 12.0 Å². The van der Waals surface area contributed by atoms with E-state index in [4.69, 9.17) is 14.2 Å². The van der Waals surface area contributed by atoms with Gasteiger partial charge in [-0.2, -0.15) is 0 Å². The van der Waals surface area contributed by atoms with Crippen LogP contribution >= 0.6 is 0 Å². The summed E-state index contributed by atoms with van der Waals surface area (Å²) in [6, 6.07) is 9.55. The molecule has 0 aromatic heterocycles. The molecule has 24 heavy (non-hydrogen) atoms. The number of piperazine rings is 1. The number of methoxy groups -OCH3 is 1. The highest BCUT2D eigenvalue weighted by Gasteiger charge is 2.24. The van der Waals surface area contributed by atoms with Crippen molar-refractivity contribution < 1.29 is 23.8 Å². The van der Waals surface area contributed by atoms with Gasteiger partial charge in [-0.05, 0) is 5.56 Å². The van der Waals surface area contributed by atoms with Crippen molar-refractivity contribution in [1.29, 1.82) is 0 Å². The monoisotopic (exact) mass is 336 g/mol. The zero-order valence-electron chi connectivity index (χ0n) is 14.0. The van der Waals surface area contributed by atoms with Gasteiger partial charge in [-0.3, -0.25) is 4.79 Å². The highest BCUT2D eigenvalue weighted by atomic mass is 16.6. The SMILES string of the molecule is COCCOCC(=O)N1CCN(C(=O)OCc2ccccc2)CC1. The van der Waals surface area contributed by atoms with Crippen molar-refractivity contribution in [3.63, 3.8) is 0 Å². The van der Waals surface area contributed by atoms with Crippen LogP contribution in [-0.4, -0.2) is 74.9 Å². The molecule has 1 saturated heterocycles. The Balaban J connectivity index is 1.66. The van der Waals surface area contributed by atoms with Gasteiger partial charge in [0.05, 0.1) is 13.2 Å². The first kappa shape index (κ1) is 18.2. The molecular weight excluding hydrogens is 312 g/mol. The summed E-state index contributed by atoms with van der Waals surface area (Å²) in [4.78, 5) is 27.4. The zero-order valence-corrected chi connectivity index (χ0v) is 14.0. The molecule has 0 N–H and O–H groups in total. The molecular formula is C17H24N2O5. The molecule has 1 heterocycles. The Morgan fingerprint density at radius 3 is 2.33 bits per heavy atom. The maximum Gasteiger partial charge on any atom is 0.410 e. The zero-order chi connectivity index (χ0) is 17.2. The van der Waals surface area contributed by atoms with Crippen LogP contribution in [0.2, 0.25) is 0 Å². The van der Waals surface area contributed by atoms with Crippen LogP contribution in [0.4, 0.5) is 4.79 Å². The number of ether oxygens (including phenoxy) is 3. The Hall–Kier alpha value is -2.12. The topological polar surface area (TPSA) is 68.3 Å². The van der Waals surface area contributed by atoms with Gasteiger partial charge in [-0.15, -0.1) is 0 Å². The van der Waals surface area contributed by atoms with Gasteiger partial charge in [-0.1, -0.05) is 30.3 Å². The predicted octanol–water partition coefficient (Wildman–Crippen LogP) is 1.13. The van der Waals surface area contributed by atoms with Crippen LogP contribution in [0.5, 0.6) is 0 Å². The van der Waals surface area contributed by atoms with E-state index in [2.05, 4.69) is 0 Å². The van der Waals surface area contributed by atoms with Gasteiger partial charge in [0.15, 0.2) is 0 Å². The Morgan fingerprint density at radius 1 is 1.00 bits per heavy atom. The molecule has 0 aliphatic carbocycles. The standard InChI is InChI=1S/C17H24N2O5/c1-22-11-12-23-14-16(20)18-7-9-19(10-8-18)17(21)24-13-15-5-3-2-4-6-15/h2-6H,7-14H2,1H3. The quantitative estimate of drug-likeness (QED) is 0.698. The lowest BCUT2D eigenvalue weighted by Gasteiger charge is -2.34. The minimum absolute atomic E-state index is 0.0435. The molecule has 1 fully saturated rings. The van der Waals surface area contributed by atoms with Gasteiger partial charge < -0.3 is 24.0 Å². The summed E-state index contributed by atoms with van der Waals surface area (Å²) in [7, 11) is 1.58. The third-order valence-corrected chi connectivity index (χ3v) is 3.75. The third-order valence-electron chi connectivity index (χ3n) is 3.75. The molecule has 0 unspecified atom stereocenters. The summed E-state index contributed by atoms with van der Waals surface area (Å²) in [6.45, 7) is 3.09. The number of rotatable bonds is 7. The van der Waals surface area contributed by atoms with Crippen LogP contribution in [0.3, 0.4) is 0 Å². The third kappa shape index (κ3) is 5.82. The molecule has 0 radical (unpaired) electrons. The molecule has 7 nitrogen and oxygen atoms in total. The lowest BCUT2D eigenvalue weighted by Crippen LogP contribution is -2.51.